The Labute approximate surface area is 91.9 Å². The van der Waals surface area contributed by atoms with Crippen molar-refractivity contribution in [3.05, 3.63) is 18.5 Å². The molecule has 0 radical (unpaired) electrons. The number of nitrogens with one attached hydrogen (secondary N) is 1. The molecule has 0 amide bonds. The second-order valence-electron chi connectivity index (χ2n) is 4.69. The Balaban J connectivity index is 1.66. The molecule has 0 aliphatic heterocycles. The van der Waals surface area contributed by atoms with Gasteiger partial charge in [0.25, 0.3) is 0 Å². The van der Waals surface area contributed by atoms with Gasteiger partial charge in [-0.2, -0.15) is 5.10 Å². The van der Waals surface area contributed by atoms with Crippen molar-refractivity contribution < 1.29 is 0 Å². The van der Waals surface area contributed by atoms with Gasteiger partial charge in [0.1, 0.15) is 0 Å². The van der Waals surface area contributed by atoms with Crippen LogP contribution in [0.1, 0.15) is 32.6 Å². The van der Waals surface area contributed by atoms with E-state index in [1.807, 2.05) is 23.1 Å². The van der Waals surface area contributed by atoms with Gasteiger partial charge in [0.2, 0.25) is 0 Å². The monoisotopic (exact) mass is 207 g/mol. The van der Waals surface area contributed by atoms with Crippen molar-refractivity contribution in [3.8, 4) is 0 Å². The molecular formula is C12H21N3. The predicted molar refractivity (Wildman–Crippen MR) is 61.6 cm³/mol. The molecule has 1 aromatic heterocycles. The third kappa shape index (κ3) is 3.34. The SMILES string of the molecule is C[C@@H](Cn1cccn1)NCC1CCCC1. The van der Waals surface area contributed by atoms with Crippen LogP contribution < -0.4 is 5.32 Å². The maximum atomic E-state index is 4.21. The molecule has 1 aliphatic carbocycles. The molecule has 2 rings (SSSR count). The molecule has 1 heterocycles. The van der Waals surface area contributed by atoms with E-state index in [2.05, 4.69) is 17.3 Å². The molecule has 1 fully saturated rings. The summed E-state index contributed by atoms with van der Waals surface area (Å²) in [5, 5.41) is 7.81. The van der Waals surface area contributed by atoms with Crippen LogP contribution in [-0.2, 0) is 6.54 Å². The minimum atomic E-state index is 0.519. The highest BCUT2D eigenvalue weighted by molar-refractivity contribution is 4.79. The topological polar surface area (TPSA) is 29.9 Å². The molecular weight excluding hydrogens is 186 g/mol. The van der Waals surface area contributed by atoms with Gasteiger partial charge in [0.05, 0.1) is 6.54 Å². The molecule has 0 spiro atoms. The summed E-state index contributed by atoms with van der Waals surface area (Å²) < 4.78 is 1.99. The maximum absolute atomic E-state index is 4.21. The van der Waals surface area contributed by atoms with E-state index in [0.29, 0.717) is 6.04 Å². The normalized spacial score (nSPS) is 19.5. The van der Waals surface area contributed by atoms with E-state index in [9.17, 15) is 0 Å². The van der Waals surface area contributed by atoms with Gasteiger partial charge in [-0.3, -0.25) is 4.68 Å². The molecule has 1 saturated carbocycles. The minimum Gasteiger partial charge on any atom is -0.312 e. The Hall–Kier alpha value is -0.830. The first-order valence-corrected chi connectivity index (χ1v) is 6.05. The summed E-state index contributed by atoms with van der Waals surface area (Å²) in [4.78, 5) is 0. The van der Waals surface area contributed by atoms with Crippen LogP contribution in [0.3, 0.4) is 0 Å². The lowest BCUT2D eigenvalue weighted by Crippen LogP contribution is -2.33. The standard InChI is InChI=1S/C12H21N3/c1-11(10-15-8-4-7-14-15)13-9-12-5-2-3-6-12/h4,7-8,11-13H,2-3,5-6,9-10H2,1H3/t11-/m0/s1. The van der Waals surface area contributed by atoms with Crippen LogP contribution in [0.5, 0.6) is 0 Å². The van der Waals surface area contributed by atoms with Crippen molar-refractivity contribution in [2.24, 2.45) is 5.92 Å². The van der Waals surface area contributed by atoms with Crippen LogP contribution in [0.2, 0.25) is 0 Å². The van der Waals surface area contributed by atoms with Crippen molar-refractivity contribution in [2.75, 3.05) is 6.54 Å². The molecule has 0 unspecified atom stereocenters. The van der Waals surface area contributed by atoms with Gasteiger partial charge in [-0.1, -0.05) is 12.8 Å². The Morgan fingerprint density at radius 1 is 1.47 bits per heavy atom. The minimum absolute atomic E-state index is 0.519. The molecule has 3 heteroatoms. The summed E-state index contributed by atoms with van der Waals surface area (Å²) in [7, 11) is 0. The molecule has 1 aliphatic rings. The average Bonchev–Trinajstić information content (AvgIpc) is 2.86. The van der Waals surface area contributed by atoms with Crippen LogP contribution in [-0.4, -0.2) is 22.4 Å². The first-order valence-electron chi connectivity index (χ1n) is 6.05. The van der Waals surface area contributed by atoms with Crippen molar-refractivity contribution in [1.82, 2.24) is 15.1 Å². The largest absolute Gasteiger partial charge is 0.312 e. The highest BCUT2D eigenvalue weighted by atomic mass is 15.3. The molecule has 0 aromatic carbocycles. The van der Waals surface area contributed by atoms with E-state index in [1.54, 1.807) is 0 Å². The number of rotatable bonds is 5. The van der Waals surface area contributed by atoms with Gasteiger partial charge in [-0.15, -0.1) is 0 Å². The lowest BCUT2D eigenvalue weighted by molar-refractivity contribution is 0.403. The van der Waals surface area contributed by atoms with E-state index < -0.39 is 0 Å². The maximum Gasteiger partial charge on any atom is 0.0559 e. The second kappa shape index (κ2) is 5.31. The van der Waals surface area contributed by atoms with Gasteiger partial charge in [-0.25, -0.2) is 0 Å². The van der Waals surface area contributed by atoms with E-state index in [0.717, 1.165) is 12.5 Å². The van der Waals surface area contributed by atoms with Crippen molar-refractivity contribution >= 4 is 0 Å². The third-order valence-corrected chi connectivity index (χ3v) is 3.25. The van der Waals surface area contributed by atoms with Crippen LogP contribution in [0.15, 0.2) is 18.5 Å². The van der Waals surface area contributed by atoms with Crippen LogP contribution in [0.25, 0.3) is 0 Å². The second-order valence-corrected chi connectivity index (χ2v) is 4.69. The van der Waals surface area contributed by atoms with E-state index in [4.69, 9.17) is 0 Å². The van der Waals surface area contributed by atoms with Gasteiger partial charge < -0.3 is 5.32 Å². The molecule has 0 saturated heterocycles. The zero-order valence-electron chi connectivity index (χ0n) is 9.52. The molecule has 0 bridgehead atoms. The molecule has 1 N–H and O–H groups in total. The summed E-state index contributed by atoms with van der Waals surface area (Å²) in [5.41, 5.74) is 0. The lowest BCUT2D eigenvalue weighted by atomic mass is 10.1. The van der Waals surface area contributed by atoms with Crippen molar-refractivity contribution in [3.63, 3.8) is 0 Å². The van der Waals surface area contributed by atoms with Crippen LogP contribution in [0, 0.1) is 5.92 Å². The van der Waals surface area contributed by atoms with Crippen LogP contribution in [0.4, 0.5) is 0 Å². The zero-order chi connectivity index (χ0) is 10.5. The highest BCUT2D eigenvalue weighted by Gasteiger charge is 2.15. The Kier molecular flexibility index (Phi) is 3.78. The molecule has 1 atom stereocenters. The van der Waals surface area contributed by atoms with E-state index in [1.165, 1.54) is 32.2 Å². The Morgan fingerprint density at radius 2 is 2.27 bits per heavy atom. The summed E-state index contributed by atoms with van der Waals surface area (Å²) in [6.45, 7) is 4.39. The summed E-state index contributed by atoms with van der Waals surface area (Å²) >= 11 is 0. The van der Waals surface area contributed by atoms with Gasteiger partial charge >= 0.3 is 0 Å². The van der Waals surface area contributed by atoms with Crippen molar-refractivity contribution in [1.29, 1.82) is 0 Å². The number of nitrogens with zero attached hydrogens (tertiary/aromatic N) is 2. The molecule has 84 valence electrons. The van der Waals surface area contributed by atoms with Gasteiger partial charge in [0.15, 0.2) is 0 Å². The Morgan fingerprint density at radius 3 is 2.93 bits per heavy atom. The van der Waals surface area contributed by atoms with Crippen LogP contribution >= 0.6 is 0 Å². The smallest absolute Gasteiger partial charge is 0.0559 e. The van der Waals surface area contributed by atoms with E-state index in [-0.39, 0.29) is 0 Å². The predicted octanol–water partition coefficient (Wildman–Crippen LogP) is 2.05. The fourth-order valence-electron chi connectivity index (χ4n) is 2.34. The third-order valence-electron chi connectivity index (χ3n) is 3.25. The number of aromatic nitrogens is 2. The number of hydrogen-bond donors (Lipinski definition) is 1. The Bertz CT molecular complexity index is 262. The molecule has 1 aromatic rings. The fourth-order valence-corrected chi connectivity index (χ4v) is 2.34. The van der Waals surface area contributed by atoms with E-state index >= 15 is 0 Å². The first kappa shape index (κ1) is 10.7. The van der Waals surface area contributed by atoms with Gasteiger partial charge in [-0.05, 0) is 38.3 Å². The number of hydrogen-bond acceptors (Lipinski definition) is 2. The lowest BCUT2D eigenvalue weighted by Gasteiger charge is -2.16. The summed E-state index contributed by atoms with van der Waals surface area (Å²) in [5.74, 6) is 0.921. The molecule has 3 nitrogen and oxygen atoms in total. The highest BCUT2D eigenvalue weighted by Crippen LogP contribution is 2.23. The molecule has 15 heavy (non-hydrogen) atoms. The van der Waals surface area contributed by atoms with Gasteiger partial charge in [0, 0.05) is 18.4 Å². The average molecular weight is 207 g/mol. The van der Waals surface area contributed by atoms with Crippen molar-refractivity contribution in [2.45, 2.75) is 45.2 Å². The quantitative estimate of drug-likeness (QED) is 0.801. The summed E-state index contributed by atoms with van der Waals surface area (Å²) in [6.07, 6.45) is 9.56. The summed E-state index contributed by atoms with van der Waals surface area (Å²) in [6, 6.07) is 2.49. The zero-order valence-corrected chi connectivity index (χ0v) is 9.52. The first-order chi connectivity index (χ1) is 7.34. The fraction of sp³-hybridized carbons (Fsp3) is 0.750.